The Morgan fingerprint density at radius 3 is 2.69 bits per heavy atom. The van der Waals surface area contributed by atoms with Crippen LogP contribution in [-0.2, 0) is 0 Å². The van der Waals surface area contributed by atoms with Crippen LogP contribution in [0.1, 0.15) is 0 Å². The summed E-state index contributed by atoms with van der Waals surface area (Å²) in [6.07, 6.45) is -3.50. The number of hydrogen-bond donors (Lipinski definition) is 1. The SMILES string of the molecule is C=CCNc1nc(F)cc(OC(F)(F)F)n1. The molecular weight excluding hydrogens is 230 g/mol. The molecule has 1 heterocycles. The first-order valence-electron chi connectivity index (χ1n) is 4.06. The monoisotopic (exact) mass is 237 g/mol. The second-order valence-corrected chi connectivity index (χ2v) is 2.57. The van der Waals surface area contributed by atoms with Crippen LogP contribution in [0.4, 0.5) is 23.5 Å². The van der Waals surface area contributed by atoms with Crippen LogP contribution in [0.5, 0.6) is 5.88 Å². The van der Waals surface area contributed by atoms with Gasteiger partial charge in [-0.3, -0.25) is 0 Å². The van der Waals surface area contributed by atoms with Crippen molar-refractivity contribution in [1.82, 2.24) is 9.97 Å². The Bertz CT molecular complexity index is 380. The van der Waals surface area contributed by atoms with Crippen molar-refractivity contribution in [1.29, 1.82) is 0 Å². The number of alkyl halides is 3. The number of nitrogens with one attached hydrogen (secondary N) is 1. The summed E-state index contributed by atoms with van der Waals surface area (Å²) in [5.41, 5.74) is 0. The molecule has 1 rings (SSSR count). The topological polar surface area (TPSA) is 47.0 Å². The van der Waals surface area contributed by atoms with Gasteiger partial charge in [0.15, 0.2) is 0 Å². The molecule has 0 aliphatic carbocycles. The van der Waals surface area contributed by atoms with Crippen LogP contribution in [0.2, 0.25) is 0 Å². The van der Waals surface area contributed by atoms with Crippen LogP contribution >= 0.6 is 0 Å². The van der Waals surface area contributed by atoms with Gasteiger partial charge >= 0.3 is 6.36 Å². The van der Waals surface area contributed by atoms with E-state index in [0.29, 0.717) is 6.07 Å². The Morgan fingerprint density at radius 1 is 1.44 bits per heavy atom. The number of halogens is 4. The normalized spacial score (nSPS) is 11.0. The van der Waals surface area contributed by atoms with Crippen molar-refractivity contribution in [3.8, 4) is 5.88 Å². The predicted octanol–water partition coefficient (Wildman–Crippen LogP) is 2.11. The highest BCUT2D eigenvalue weighted by Gasteiger charge is 2.32. The van der Waals surface area contributed by atoms with Crippen LogP contribution in [0.3, 0.4) is 0 Å². The molecule has 0 aliphatic rings. The molecule has 8 heteroatoms. The summed E-state index contributed by atoms with van der Waals surface area (Å²) in [6, 6.07) is 0.437. The number of aromatic nitrogens is 2. The molecule has 16 heavy (non-hydrogen) atoms. The third-order valence-corrected chi connectivity index (χ3v) is 1.30. The Labute approximate surface area is 88.0 Å². The maximum Gasteiger partial charge on any atom is 0.574 e. The molecule has 4 nitrogen and oxygen atoms in total. The van der Waals surface area contributed by atoms with Gasteiger partial charge in [-0.05, 0) is 0 Å². The summed E-state index contributed by atoms with van der Waals surface area (Å²) in [5, 5.41) is 2.43. The van der Waals surface area contributed by atoms with E-state index in [9.17, 15) is 17.6 Å². The molecule has 0 amide bonds. The zero-order chi connectivity index (χ0) is 12.2. The van der Waals surface area contributed by atoms with Crippen molar-refractivity contribution in [3.05, 3.63) is 24.7 Å². The van der Waals surface area contributed by atoms with Crippen molar-refractivity contribution in [2.75, 3.05) is 11.9 Å². The number of rotatable bonds is 4. The largest absolute Gasteiger partial charge is 0.574 e. The zero-order valence-corrected chi connectivity index (χ0v) is 7.88. The summed E-state index contributed by atoms with van der Waals surface area (Å²) >= 11 is 0. The van der Waals surface area contributed by atoms with Gasteiger partial charge in [-0.25, -0.2) is 0 Å². The molecule has 0 radical (unpaired) electrons. The molecule has 0 aliphatic heterocycles. The van der Waals surface area contributed by atoms with Crippen molar-refractivity contribution in [2.24, 2.45) is 0 Å². The Kier molecular flexibility index (Phi) is 3.64. The van der Waals surface area contributed by atoms with Crippen LogP contribution in [0.15, 0.2) is 18.7 Å². The van der Waals surface area contributed by atoms with E-state index < -0.39 is 18.2 Å². The van der Waals surface area contributed by atoms with Gasteiger partial charge in [-0.15, -0.1) is 19.8 Å². The van der Waals surface area contributed by atoms with Crippen LogP contribution in [0, 0.1) is 5.95 Å². The minimum Gasteiger partial charge on any atom is -0.388 e. The maximum absolute atomic E-state index is 12.8. The summed E-state index contributed by atoms with van der Waals surface area (Å²) in [4.78, 5) is 6.52. The highest BCUT2D eigenvalue weighted by Crippen LogP contribution is 2.21. The summed E-state index contributed by atoms with van der Waals surface area (Å²) < 4.78 is 51.7. The van der Waals surface area contributed by atoms with E-state index in [1.54, 1.807) is 0 Å². The van der Waals surface area contributed by atoms with Gasteiger partial charge in [0.25, 0.3) is 0 Å². The van der Waals surface area contributed by atoms with E-state index >= 15 is 0 Å². The zero-order valence-electron chi connectivity index (χ0n) is 7.88. The lowest BCUT2D eigenvalue weighted by Crippen LogP contribution is -2.18. The molecule has 0 saturated carbocycles. The third kappa shape index (κ3) is 4.11. The Balaban J connectivity index is 2.85. The van der Waals surface area contributed by atoms with Gasteiger partial charge < -0.3 is 10.1 Å². The third-order valence-electron chi connectivity index (χ3n) is 1.30. The second-order valence-electron chi connectivity index (χ2n) is 2.57. The quantitative estimate of drug-likeness (QED) is 0.495. The molecule has 0 bridgehead atoms. The van der Waals surface area contributed by atoms with Gasteiger partial charge in [-0.2, -0.15) is 14.4 Å². The number of anilines is 1. The van der Waals surface area contributed by atoms with E-state index in [2.05, 4.69) is 26.6 Å². The van der Waals surface area contributed by atoms with Gasteiger partial charge in [-0.1, -0.05) is 6.08 Å². The fourth-order valence-electron chi connectivity index (χ4n) is 0.810. The van der Waals surface area contributed by atoms with Gasteiger partial charge in [0, 0.05) is 6.54 Å². The maximum atomic E-state index is 12.8. The van der Waals surface area contributed by atoms with Gasteiger partial charge in [0.1, 0.15) is 0 Å². The minimum absolute atomic E-state index is 0.189. The summed E-state index contributed by atoms with van der Waals surface area (Å²) in [7, 11) is 0. The fraction of sp³-hybridized carbons (Fsp3) is 0.250. The highest BCUT2D eigenvalue weighted by atomic mass is 19.4. The van der Waals surface area contributed by atoms with Crippen molar-refractivity contribution < 1.29 is 22.3 Å². The standard InChI is InChI=1S/C8H7F4N3O/c1-2-3-13-7-14-5(9)4-6(15-7)16-8(10,11)12/h2,4H,1,3H2,(H,13,14,15). The van der Waals surface area contributed by atoms with Crippen molar-refractivity contribution in [2.45, 2.75) is 6.36 Å². The number of hydrogen-bond acceptors (Lipinski definition) is 4. The minimum atomic E-state index is -4.92. The Hall–Kier alpha value is -1.86. The highest BCUT2D eigenvalue weighted by molar-refractivity contribution is 5.28. The smallest absolute Gasteiger partial charge is 0.388 e. The van der Waals surface area contributed by atoms with Crippen LogP contribution in [-0.4, -0.2) is 22.9 Å². The van der Waals surface area contributed by atoms with Gasteiger partial charge in [0.05, 0.1) is 6.07 Å². The average Bonchev–Trinajstić information content (AvgIpc) is 2.10. The molecule has 0 aromatic carbocycles. The van der Waals surface area contributed by atoms with E-state index in [-0.39, 0.29) is 12.5 Å². The first kappa shape index (κ1) is 12.2. The van der Waals surface area contributed by atoms with E-state index in [0.717, 1.165) is 0 Å². The van der Waals surface area contributed by atoms with Crippen molar-refractivity contribution >= 4 is 5.95 Å². The van der Waals surface area contributed by atoms with Crippen LogP contribution in [0.25, 0.3) is 0 Å². The van der Waals surface area contributed by atoms with Crippen molar-refractivity contribution in [3.63, 3.8) is 0 Å². The molecule has 1 aromatic rings. The lowest BCUT2D eigenvalue weighted by Gasteiger charge is -2.08. The molecule has 0 fully saturated rings. The molecule has 0 spiro atoms. The van der Waals surface area contributed by atoms with Gasteiger partial charge in [0.2, 0.25) is 17.8 Å². The van der Waals surface area contributed by atoms with E-state index in [1.165, 1.54) is 6.08 Å². The molecule has 0 saturated heterocycles. The number of nitrogens with zero attached hydrogens (tertiary/aromatic N) is 2. The summed E-state index contributed by atoms with van der Waals surface area (Å²) in [5.74, 6) is -2.34. The predicted molar refractivity (Wildman–Crippen MR) is 47.4 cm³/mol. The molecule has 0 atom stereocenters. The van der Waals surface area contributed by atoms with Crippen LogP contribution < -0.4 is 10.1 Å². The first-order chi connectivity index (χ1) is 7.40. The number of ether oxygens (including phenoxy) is 1. The fourth-order valence-corrected chi connectivity index (χ4v) is 0.810. The lowest BCUT2D eigenvalue weighted by molar-refractivity contribution is -0.276. The average molecular weight is 237 g/mol. The van der Waals surface area contributed by atoms with E-state index in [4.69, 9.17) is 0 Å². The first-order valence-corrected chi connectivity index (χ1v) is 4.06. The second kappa shape index (κ2) is 4.77. The molecular formula is C8H7F4N3O. The molecule has 1 N–H and O–H groups in total. The van der Waals surface area contributed by atoms with E-state index in [1.807, 2.05) is 0 Å². The lowest BCUT2D eigenvalue weighted by atomic mass is 10.6. The molecule has 0 unspecified atom stereocenters. The molecule has 88 valence electrons. The molecule has 1 aromatic heterocycles. The summed E-state index contributed by atoms with van der Waals surface area (Å²) in [6.45, 7) is 3.55. The Morgan fingerprint density at radius 2 is 2.12 bits per heavy atom.